The van der Waals surface area contributed by atoms with Crippen LogP contribution in [0.1, 0.15) is 83.5 Å². The number of guanidine groups is 1. The molecule has 2 bridgehead atoms. The molecule has 1 aliphatic heterocycles. The molecule has 1 amide bonds. The lowest BCUT2D eigenvalue weighted by Gasteiger charge is -2.69. The SMILES string of the molecule is CC(C)(C)C[C@]1(c2ccc(-c3cnn(C(F)F)c3)cc2)N=C(N)N([C@H](COC(=O)CC23CC(C)(C2)C3)c2ccc(Cl)c(-n3cncn3)c2)C1=O. The number of benzene rings is 2. The zero-order chi connectivity index (χ0) is 35.6. The minimum Gasteiger partial charge on any atom is -0.463 e. The third kappa shape index (κ3) is 6.05. The molecule has 0 unspecified atom stereocenters. The normalized spacial score (nSPS) is 24.9. The quantitative estimate of drug-likeness (QED) is 0.169. The summed E-state index contributed by atoms with van der Waals surface area (Å²) in [5.41, 5.74) is 8.12. The van der Waals surface area contributed by atoms with E-state index in [-0.39, 0.29) is 35.3 Å². The average molecular weight is 705 g/mol. The summed E-state index contributed by atoms with van der Waals surface area (Å²) in [6, 6.07) is 11.4. The number of nitrogens with two attached hydrogens (primary N) is 1. The van der Waals surface area contributed by atoms with Crippen molar-refractivity contribution in [3.8, 4) is 16.8 Å². The lowest BCUT2D eigenvalue weighted by Crippen LogP contribution is -2.60. The summed E-state index contributed by atoms with van der Waals surface area (Å²) in [5, 5.41) is 8.37. The predicted molar refractivity (Wildman–Crippen MR) is 182 cm³/mol. The van der Waals surface area contributed by atoms with Gasteiger partial charge in [0.15, 0.2) is 11.5 Å². The topological polar surface area (TPSA) is 134 Å². The zero-order valence-electron chi connectivity index (χ0n) is 28.3. The highest BCUT2D eigenvalue weighted by Gasteiger charge is 2.65. The summed E-state index contributed by atoms with van der Waals surface area (Å²) in [5.74, 6) is -0.725. The molecule has 0 spiro atoms. The number of ether oxygens (including phenoxy) is 1. The molecule has 4 aliphatic rings. The summed E-state index contributed by atoms with van der Waals surface area (Å²) >= 11 is 6.57. The van der Waals surface area contributed by atoms with E-state index in [0.29, 0.717) is 55.9 Å². The third-order valence-corrected chi connectivity index (χ3v) is 10.4. The fraction of sp³-hybridized carbons (Fsp3) is 0.444. The first-order valence-corrected chi connectivity index (χ1v) is 16.9. The minimum absolute atomic E-state index is 0.0119. The second-order valence-corrected chi connectivity index (χ2v) is 16.0. The number of alkyl halides is 2. The standard InChI is InChI=1S/C36H39ClF2N8O3/c1-33(2,3)16-36(25-8-5-22(6-9-25)24-13-42-45(14-24)31(38)39)30(49)47(32(40)44-36)28(15-50-29(48)12-35-17-34(4,18-35)19-35)23-7-10-26(37)27(11-23)46-21-41-20-43-46/h5-11,13-14,20-21,28,31H,12,15-19H2,1-4H3,(H2,40,44)/t28-,34?,35?,36-/m1/s1. The minimum atomic E-state index is -2.76. The maximum Gasteiger partial charge on any atom is 0.333 e. The van der Waals surface area contributed by atoms with Gasteiger partial charge in [-0.1, -0.05) is 69.6 Å². The van der Waals surface area contributed by atoms with Gasteiger partial charge in [-0.3, -0.25) is 14.5 Å². The Labute approximate surface area is 293 Å². The van der Waals surface area contributed by atoms with Crippen molar-refractivity contribution in [3.05, 3.63) is 83.7 Å². The number of halogens is 3. The summed E-state index contributed by atoms with van der Waals surface area (Å²) in [6.07, 6.45) is 9.22. The maximum atomic E-state index is 15.0. The smallest absolute Gasteiger partial charge is 0.333 e. The maximum absolute atomic E-state index is 15.0. The highest BCUT2D eigenvalue weighted by molar-refractivity contribution is 6.32. The lowest BCUT2D eigenvalue weighted by molar-refractivity contribution is -0.204. The number of rotatable bonds is 11. The first-order chi connectivity index (χ1) is 23.6. The summed E-state index contributed by atoms with van der Waals surface area (Å²) in [6.45, 7) is 5.35. The van der Waals surface area contributed by atoms with Crippen molar-refractivity contribution in [2.75, 3.05) is 6.61 Å². The second kappa shape index (κ2) is 12.0. The summed E-state index contributed by atoms with van der Waals surface area (Å²) in [7, 11) is 0. The van der Waals surface area contributed by atoms with Gasteiger partial charge in [0.1, 0.15) is 19.3 Å². The molecule has 2 aromatic heterocycles. The molecule has 3 fully saturated rings. The van der Waals surface area contributed by atoms with Crippen LogP contribution in [0.5, 0.6) is 0 Å². The van der Waals surface area contributed by atoms with Gasteiger partial charge in [-0.05, 0) is 70.8 Å². The Morgan fingerprint density at radius 2 is 1.80 bits per heavy atom. The summed E-state index contributed by atoms with van der Waals surface area (Å²) in [4.78, 5) is 38.5. The molecular weight excluding hydrogens is 666 g/mol. The molecule has 8 rings (SSSR count). The predicted octanol–water partition coefficient (Wildman–Crippen LogP) is 6.83. The summed E-state index contributed by atoms with van der Waals surface area (Å²) < 4.78 is 34.4. The molecular formula is C36H39ClF2N8O3. The van der Waals surface area contributed by atoms with Crippen LogP contribution < -0.4 is 5.73 Å². The molecule has 0 saturated heterocycles. The van der Waals surface area contributed by atoms with E-state index in [2.05, 4.69) is 22.1 Å². The Hall–Kier alpha value is -4.65. The first-order valence-electron chi connectivity index (χ1n) is 16.5. The van der Waals surface area contributed by atoms with Crippen LogP contribution in [0.25, 0.3) is 16.8 Å². The van der Waals surface area contributed by atoms with Crippen molar-refractivity contribution < 1.29 is 23.1 Å². The molecule has 4 aromatic rings. The van der Waals surface area contributed by atoms with Gasteiger partial charge >= 0.3 is 12.5 Å². The Kier molecular flexibility index (Phi) is 8.12. The van der Waals surface area contributed by atoms with Gasteiger partial charge in [0, 0.05) is 11.8 Å². The van der Waals surface area contributed by atoms with Crippen LogP contribution >= 0.6 is 11.6 Å². The van der Waals surface area contributed by atoms with Crippen molar-refractivity contribution >= 4 is 29.4 Å². The van der Waals surface area contributed by atoms with Gasteiger partial charge < -0.3 is 10.5 Å². The van der Waals surface area contributed by atoms with Gasteiger partial charge in [0.25, 0.3) is 5.91 Å². The fourth-order valence-corrected chi connectivity index (χ4v) is 8.65. The van der Waals surface area contributed by atoms with Crippen molar-refractivity contribution in [2.45, 2.75) is 77.9 Å². The van der Waals surface area contributed by atoms with Crippen LogP contribution in [0.15, 0.2) is 72.5 Å². The number of aliphatic imine (C=N–C) groups is 1. The Morgan fingerprint density at radius 1 is 1.08 bits per heavy atom. The molecule has 11 nitrogen and oxygen atoms in total. The highest BCUT2D eigenvalue weighted by atomic mass is 35.5. The number of hydrogen-bond donors (Lipinski definition) is 1. The number of nitrogens with zero attached hydrogens (tertiary/aromatic N) is 7. The largest absolute Gasteiger partial charge is 0.463 e. The Morgan fingerprint density at radius 3 is 2.40 bits per heavy atom. The number of carbonyl (C=O) groups is 2. The fourth-order valence-electron chi connectivity index (χ4n) is 8.45. The third-order valence-electron chi connectivity index (χ3n) is 10.1. The molecule has 0 radical (unpaired) electrons. The van der Waals surface area contributed by atoms with Crippen molar-refractivity contribution in [1.82, 2.24) is 29.4 Å². The van der Waals surface area contributed by atoms with Crippen LogP contribution in [0, 0.1) is 16.2 Å². The van der Waals surface area contributed by atoms with E-state index in [1.165, 1.54) is 34.6 Å². The van der Waals surface area contributed by atoms with Gasteiger partial charge in [0.2, 0.25) is 0 Å². The molecule has 50 heavy (non-hydrogen) atoms. The molecule has 3 heterocycles. The van der Waals surface area contributed by atoms with E-state index < -0.39 is 18.1 Å². The molecule has 3 saturated carbocycles. The lowest BCUT2D eigenvalue weighted by atomic mass is 9.35. The average Bonchev–Trinajstić information content (AvgIpc) is 3.78. The van der Waals surface area contributed by atoms with Crippen LogP contribution in [0.4, 0.5) is 8.78 Å². The monoisotopic (exact) mass is 704 g/mol. The number of carbonyl (C=O) groups excluding carboxylic acids is 2. The second-order valence-electron chi connectivity index (χ2n) is 15.6. The molecule has 262 valence electrons. The molecule has 14 heteroatoms. The van der Waals surface area contributed by atoms with Gasteiger partial charge in [-0.25, -0.2) is 19.3 Å². The van der Waals surface area contributed by atoms with Crippen molar-refractivity contribution in [2.24, 2.45) is 27.0 Å². The van der Waals surface area contributed by atoms with Crippen molar-refractivity contribution in [3.63, 3.8) is 0 Å². The highest BCUT2D eigenvalue weighted by Crippen LogP contribution is 2.74. The molecule has 2 N–H and O–H groups in total. The van der Waals surface area contributed by atoms with E-state index >= 15 is 0 Å². The molecule has 3 aliphatic carbocycles. The molecule has 2 atom stereocenters. The number of aromatic nitrogens is 5. The van der Waals surface area contributed by atoms with Crippen LogP contribution in [-0.4, -0.2) is 53.9 Å². The Balaban J connectivity index is 1.23. The van der Waals surface area contributed by atoms with Gasteiger partial charge in [0.05, 0.1) is 29.4 Å². The number of esters is 1. The van der Waals surface area contributed by atoms with E-state index in [9.17, 15) is 18.4 Å². The van der Waals surface area contributed by atoms with Crippen LogP contribution in [0.3, 0.4) is 0 Å². The first kappa shape index (κ1) is 33.8. The number of hydrogen-bond acceptors (Lipinski definition) is 8. The van der Waals surface area contributed by atoms with Crippen molar-refractivity contribution in [1.29, 1.82) is 0 Å². The Bertz CT molecular complexity index is 1950. The van der Waals surface area contributed by atoms with E-state index in [1.54, 1.807) is 42.5 Å². The van der Waals surface area contributed by atoms with E-state index in [4.69, 9.17) is 27.1 Å². The van der Waals surface area contributed by atoms with Crippen LogP contribution in [0.2, 0.25) is 5.02 Å². The molecule has 2 aromatic carbocycles. The van der Waals surface area contributed by atoms with Gasteiger partial charge in [-0.15, -0.1) is 0 Å². The van der Waals surface area contributed by atoms with E-state index in [0.717, 1.165) is 19.3 Å². The zero-order valence-corrected chi connectivity index (χ0v) is 29.1. The van der Waals surface area contributed by atoms with Crippen LogP contribution in [-0.2, 0) is 19.9 Å². The number of amides is 1. The van der Waals surface area contributed by atoms with E-state index in [1.807, 2.05) is 20.8 Å². The van der Waals surface area contributed by atoms with Gasteiger partial charge in [-0.2, -0.15) is 19.0 Å².